The summed E-state index contributed by atoms with van der Waals surface area (Å²) in [7, 11) is 2.05. The molecule has 0 saturated carbocycles. The quantitative estimate of drug-likeness (QED) is 0.615. The number of nitrogens with zero attached hydrogens (tertiary/aromatic N) is 2. The molecule has 0 atom stereocenters. The van der Waals surface area contributed by atoms with E-state index < -0.39 is 0 Å². The van der Waals surface area contributed by atoms with E-state index in [1.54, 1.807) is 0 Å². The second kappa shape index (κ2) is 3.74. The first-order valence-electron chi connectivity index (χ1n) is 5.73. The van der Waals surface area contributed by atoms with Crippen LogP contribution in [0.2, 0.25) is 0 Å². The van der Waals surface area contributed by atoms with E-state index in [1.165, 1.54) is 16.3 Å². The van der Waals surface area contributed by atoms with Crippen molar-refractivity contribution in [2.45, 2.75) is 6.92 Å². The van der Waals surface area contributed by atoms with Gasteiger partial charge in [-0.3, -0.25) is 0 Å². The zero-order valence-corrected chi connectivity index (χ0v) is 10.0. The van der Waals surface area contributed by atoms with E-state index in [4.69, 9.17) is 0 Å². The molecule has 1 heterocycles. The van der Waals surface area contributed by atoms with Gasteiger partial charge in [-0.25, -0.2) is 4.98 Å². The summed E-state index contributed by atoms with van der Waals surface area (Å²) in [5.41, 5.74) is 2.38. The Balaban J connectivity index is 2.21. The number of aryl methyl sites for hydroxylation is 1. The van der Waals surface area contributed by atoms with Gasteiger partial charge in [0.05, 0.1) is 11.9 Å². The van der Waals surface area contributed by atoms with Crippen molar-refractivity contribution in [3.63, 3.8) is 0 Å². The highest BCUT2D eigenvalue weighted by molar-refractivity contribution is 5.86. The van der Waals surface area contributed by atoms with Crippen LogP contribution in [0.3, 0.4) is 0 Å². The molecule has 2 nitrogen and oxygen atoms in total. The number of fused-ring (bicyclic) bond motifs is 1. The van der Waals surface area contributed by atoms with Crippen LogP contribution in [0.25, 0.3) is 22.0 Å². The van der Waals surface area contributed by atoms with E-state index in [9.17, 15) is 0 Å². The highest BCUT2D eigenvalue weighted by Gasteiger charge is 2.05. The lowest BCUT2D eigenvalue weighted by Gasteiger charge is -2.05. The first-order chi connectivity index (χ1) is 8.25. The van der Waals surface area contributed by atoms with Crippen molar-refractivity contribution in [3.05, 3.63) is 54.5 Å². The highest BCUT2D eigenvalue weighted by Crippen LogP contribution is 2.24. The number of hydrogen-bond acceptors (Lipinski definition) is 1. The Morgan fingerprint density at radius 3 is 2.47 bits per heavy atom. The molecule has 17 heavy (non-hydrogen) atoms. The topological polar surface area (TPSA) is 17.8 Å². The van der Waals surface area contributed by atoms with Crippen LogP contribution in [0.15, 0.2) is 48.7 Å². The number of hydrogen-bond donors (Lipinski definition) is 0. The molecule has 0 N–H and O–H groups in total. The largest absolute Gasteiger partial charge is 0.331 e. The first-order valence-corrected chi connectivity index (χ1v) is 5.73. The van der Waals surface area contributed by atoms with Crippen molar-refractivity contribution >= 4 is 10.8 Å². The molecule has 2 heteroatoms. The third-order valence-electron chi connectivity index (χ3n) is 3.27. The third kappa shape index (κ3) is 1.62. The Morgan fingerprint density at radius 2 is 1.76 bits per heavy atom. The summed E-state index contributed by atoms with van der Waals surface area (Å²) in [5.74, 6) is 1.04. The fraction of sp³-hybridized carbons (Fsp3) is 0.133. The second-order valence-electron chi connectivity index (χ2n) is 4.31. The van der Waals surface area contributed by atoms with Crippen LogP contribution in [0.4, 0.5) is 0 Å². The minimum absolute atomic E-state index is 1.04. The van der Waals surface area contributed by atoms with E-state index in [2.05, 4.69) is 52.0 Å². The van der Waals surface area contributed by atoms with Gasteiger partial charge in [-0.15, -0.1) is 0 Å². The zero-order chi connectivity index (χ0) is 11.8. The standard InChI is InChI=1S/C15H14N2/c1-11-16-10-15(17(11)2)14-8-7-12-5-3-4-6-13(12)9-14/h3-10H,1-2H3. The average molecular weight is 222 g/mol. The maximum Gasteiger partial charge on any atom is 0.105 e. The Hall–Kier alpha value is -2.09. The third-order valence-corrected chi connectivity index (χ3v) is 3.27. The normalized spacial score (nSPS) is 10.9. The van der Waals surface area contributed by atoms with Crippen molar-refractivity contribution < 1.29 is 0 Å². The summed E-state index contributed by atoms with van der Waals surface area (Å²) < 4.78 is 2.12. The Bertz CT molecular complexity index is 680. The van der Waals surface area contributed by atoms with Crippen LogP contribution in [0.1, 0.15) is 5.82 Å². The van der Waals surface area contributed by atoms with Gasteiger partial charge in [0, 0.05) is 12.6 Å². The Labute approximate surface area is 101 Å². The molecule has 0 amide bonds. The molecule has 0 aliphatic carbocycles. The van der Waals surface area contributed by atoms with Crippen LogP contribution in [0, 0.1) is 6.92 Å². The number of benzene rings is 2. The van der Waals surface area contributed by atoms with Crippen molar-refractivity contribution in [3.8, 4) is 11.3 Å². The van der Waals surface area contributed by atoms with Gasteiger partial charge in [0.1, 0.15) is 5.82 Å². The van der Waals surface area contributed by atoms with Gasteiger partial charge in [0.2, 0.25) is 0 Å². The average Bonchev–Trinajstić information content (AvgIpc) is 2.70. The lowest BCUT2D eigenvalue weighted by molar-refractivity contribution is 0.865. The molecule has 0 saturated heterocycles. The minimum atomic E-state index is 1.04. The second-order valence-corrected chi connectivity index (χ2v) is 4.31. The molecule has 1 aromatic heterocycles. The summed E-state index contributed by atoms with van der Waals surface area (Å²) in [6.45, 7) is 2.02. The molecule has 0 aliphatic rings. The van der Waals surface area contributed by atoms with Gasteiger partial charge in [-0.2, -0.15) is 0 Å². The van der Waals surface area contributed by atoms with E-state index >= 15 is 0 Å². The van der Waals surface area contributed by atoms with E-state index in [0.29, 0.717) is 0 Å². The number of imidazole rings is 1. The number of aromatic nitrogens is 2. The molecule has 0 unspecified atom stereocenters. The number of rotatable bonds is 1. The first kappa shape index (κ1) is 10.1. The molecular weight excluding hydrogens is 208 g/mol. The van der Waals surface area contributed by atoms with Crippen LogP contribution >= 0.6 is 0 Å². The summed E-state index contributed by atoms with van der Waals surface area (Å²) in [6.07, 6.45) is 1.93. The van der Waals surface area contributed by atoms with Crippen LogP contribution < -0.4 is 0 Å². The van der Waals surface area contributed by atoms with Gasteiger partial charge >= 0.3 is 0 Å². The zero-order valence-electron chi connectivity index (χ0n) is 10.0. The molecule has 84 valence electrons. The fourth-order valence-corrected chi connectivity index (χ4v) is 2.12. The summed E-state index contributed by atoms with van der Waals surface area (Å²) >= 11 is 0. The molecular formula is C15H14N2. The van der Waals surface area contributed by atoms with E-state index in [-0.39, 0.29) is 0 Å². The van der Waals surface area contributed by atoms with Gasteiger partial charge in [0.25, 0.3) is 0 Å². The van der Waals surface area contributed by atoms with Crippen LogP contribution in [0.5, 0.6) is 0 Å². The molecule has 0 fully saturated rings. The molecule has 3 rings (SSSR count). The van der Waals surface area contributed by atoms with Crippen molar-refractivity contribution in [1.29, 1.82) is 0 Å². The monoisotopic (exact) mass is 222 g/mol. The molecule has 0 radical (unpaired) electrons. The smallest absolute Gasteiger partial charge is 0.105 e. The SMILES string of the molecule is Cc1ncc(-c2ccc3ccccc3c2)n1C. The maximum atomic E-state index is 4.34. The Kier molecular flexibility index (Phi) is 2.22. The van der Waals surface area contributed by atoms with Crippen molar-refractivity contribution in [2.24, 2.45) is 7.05 Å². The molecule has 0 aliphatic heterocycles. The highest BCUT2D eigenvalue weighted by atomic mass is 15.0. The van der Waals surface area contributed by atoms with Gasteiger partial charge in [0.15, 0.2) is 0 Å². The van der Waals surface area contributed by atoms with Gasteiger partial charge in [-0.1, -0.05) is 36.4 Å². The van der Waals surface area contributed by atoms with E-state index in [1.807, 2.05) is 20.2 Å². The van der Waals surface area contributed by atoms with Gasteiger partial charge in [-0.05, 0) is 23.8 Å². The minimum Gasteiger partial charge on any atom is -0.331 e. The van der Waals surface area contributed by atoms with E-state index in [0.717, 1.165) is 11.5 Å². The predicted molar refractivity (Wildman–Crippen MR) is 70.9 cm³/mol. The van der Waals surface area contributed by atoms with Crippen molar-refractivity contribution in [2.75, 3.05) is 0 Å². The fourth-order valence-electron chi connectivity index (χ4n) is 2.12. The molecule has 0 spiro atoms. The molecule has 0 bridgehead atoms. The lowest BCUT2D eigenvalue weighted by atomic mass is 10.1. The summed E-state index contributed by atoms with van der Waals surface area (Å²) in [6, 6.07) is 14.9. The summed E-state index contributed by atoms with van der Waals surface area (Å²) in [5, 5.41) is 2.54. The molecule has 2 aromatic carbocycles. The lowest BCUT2D eigenvalue weighted by Crippen LogP contribution is -1.94. The van der Waals surface area contributed by atoms with Crippen LogP contribution in [-0.4, -0.2) is 9.55 Å². The van der Waals surface area contributed by atoms with Gasteiger partial charge < -0.3 is 4.57 Å². The van der Waals surface area contributed by atoms with Crippen LogP contribution in [-0.2, 0) is 7.05 Å². The predicted octanol–water partition coefficient (Wildman–Crippen LogP) is 3.55. The van der Waals surface area contributed by atoms with Crippen molar-refractivity contribution in [1.82, 2.24) is 9.55 Å². The Morgan fingerprint density at radius 1 is 1.00 bits per heavy atom. The maximum absolute atomic E-state index is 4.34. The summed E-state index contributed by atoms with van der Waals surface area (Å²) in [4.78, 5) is 4.34. The molecule has 3 aromatic rings.